The van der Waals surface area contributed by atoms with Crippen LogP contribution < -0.4 is 10.6 Å². The van der Waals surface area contributed by atoms with Crippen molar-refractivity contribution >= 4 is 143 Å². The van der Waals surface area contributed by atoms with E-state index in [1.165, 1.54) is 71.6 Å². The molecule has 0 aromatic heterocycles. The Morgan fingerprint density at radius 3 is 1.71 bits per heavy atom. The molecule has 0 aliphatic carbocycles. The van der Waals surface area contributed by atoms with Crippen LogP contribution in [0.25, 0.3) is 0 Å². The fourth-order valence-electron chi connectivity index (χ4n) is 1.81. The minimum Gasteiger partial charge on any atom is -0.449 e. The summed E-state index contributed by atoms with van der Waals surface area (Å²) in [5, 5.41) is 26.4. The predicted molar refractivity (Wildman–Crippen MR) is 204 cm³/mol. The van der Waals surface area contributed by atoms with Crippen molar-refractivity contribution in [1.29, 1.82) is 0 Å². The van der Waals surface area contributed by atoms with Crippen molar-refractivity contribution in [3.8, 4) is 0 Å². The Bertz CT molecular complexity index is 729. The van der Waals surface area contributed by atoms with Crippen molar-refractivity contribution in [2.45, 2.75) is 0 Å². The number of nitrogens with zero attached hydrogens (tertiary/aromatic N) is 2. The third kappa shape index (κ3) is 40.9. The standard InChI is InChI=1S/C21H40N4O10S10/c26-11-42-18-44-13-31-21(29)25-10-41-17-38-7-22-5-33-32-2-4-37-15-36-3-1-30-20(28)24-9-40-16-39-8-23-6-34-35-14-45-19-43-12-27/h5-6,26-27H,1-4,7-19H2,(H,24,28)(H,25,29)/b22-5+,23-6+. The summed E-state index contributed by atoms with van der Waals surface area (Å²) in [7, 11) is 0. The average molecular weight is 829 g/mol. The van der Waals surface area contributed by atoms with Crippen LogP contribution in [-0.4, -0.2) is 133 Å². The molecule has 0 radical (unpaired) electrons. The van der Waals surface area contributed by atoms with Gasteiger partial charge in [-0.2, -0.15) is 9.78 Å². The number of carbonyl (C=O) groups is 2. The molecular weight excluding hydrogens is 789 g/mol. The fraction of sp³-hybridized carbons (Fsp3) is 0.810. The largest absolute Gasteiger partial charge is 0.449 e. The zero-order chi connectivity index (χ0) is 32.7. The summed E-state index contributed by atoms with van der Waals surface area (Å²) in [6, 6.07) is 0. The lowest BCUT2D eigenvalue weighted by Crippen LogP contribution is -2.24. The van der Waals surface area contributed by atoms with Gasteiger partial charge in [-0.05, 0) is 0 Å². The molecule has 24 heteroatoms. The van der Waals surface area contributed by atoms with E-state index < -0.39 is 12.2 Å². The molecule has 0 aromatic rings. The second-order valence-electron chi connectivity index (χ2n) is 6.71. The first-order chi connectivity index (χ1) is 22.2. The molecule has 0 saturated carbocycles. The van der Waals surface area contributed by atoms with Crippen molar-refractivity contribution in [2.75, 3.05) is 97.4 Å². The maximum absolute atomic E-state index is 11.7. The second kappa shape index (κ2) is 41.0. The molecule has 2 amide bonds. The Morgan fingerprint density at radius 1 is 0.578 bits per heavy atom. The number of alkyl carbamates (subject to hydrolysis) is 2. The van der Waals surface area contributed by atoms with Gasteiger partial charge in [0.25, 0.3) is 0 Å². The molecule has 0 fully saturated rings. The molecule has 0 bridgehead atoms. The average Bonchev–Trinajstić information content (AvgIpc) is 3.04. The lowest BCUT2D eigenvalue weighted by Gasteiger charge is -2.06. The summed E-state index contributed by atoms with van der Waals surface area (Å²) in [5.41, 5.74) is 0. The summed E-state index contributed by atoms with van der Waals surface area (Å²) in [4.78, 5) is 50.9. The van der Waals surface area contributed by atoms with E-state index in [0.29, 0.717) is 53.5 Å². The third-order valence-corrected chi connectivity index (χ3v) is 13.4. The summed E-state index contributed by atoms with van der Waals surface area (Å²) >= 11 is 15.3. The van der Waals surface area contributed by atoms with Gasteiger partial charge in [0.05, 0.1) is 35.4 Å². The van der Waals surface area contributed by atoms with E-state index in [-0.39, 0.29) is 17.8 Å². The molecule has 45 heavy (non-hydrogen) atoms. The van der Waals surface area contributed by atoms with Gasteiger partial charge in [0.1, 0.15) is 25.1 Å². The lowest BCUT2D eigenvalue weighted by molar-refractivity contribution is -0.210. The molecule has 0 atom stereocenters. The number of amides is 2. The van der Waals surface area contributed by atoms with Crippen LogP contribution in [0.4, 0.5) is 9.59 Å². The molecular formula is C21H40N4O10S10. The van der Waals surface area contributed by atoms with Crippen LogP contribution in [0.5, 0.6) is 0 Å². The van der Waals surface area contributed by atoms with E-state index in [0.717, 1.165) is 26.1 Å². The first kappa shape index (κ1) is 45.8. The van der Waals surface area contributed by atoms with Gasteiger partial charge in [-0.1, -0.05) is 0 Å². The van der Waals surface area contributed by atoms with Crippen LogP contribution in [0.3, 0.4) is 0 Å². The number of hydrogen-bond donors (Lipinski definition) is 4. The number of nitrogens with one attached hydrogen (secondary N) is 2. The van der Waals surface area contributed by atoms with E-state index in [2.05, 4.69) is 20.6 Å². The van der Waals surface area contributed by atoms with Gasteiger partial charge in [-0.25, -0.2) is 19.6 Å². The Hall–Kier alpha value is 0.820. The molecule has 0 saturated heterocycles. The van der Waals surface area contributed by atoms with E-state index >= 15 is 0 Å². The van der Waals surface area contributed by atoms with Crippen LogP contribution in [0, 0.1) is 0 Å². The second-order valence-corrected chi connectivity index (χ2v) is 18.4. The molecule has 0 spiro atoms. The van der Waals surface area contributed by atoms with Crippen molar-refractivity contribution < 1.29 is 48.8 Å². The number of ether oxygens (including phenoxy) is 2. The van der Waals surface area contributed by atoms with E-state index in [4.69, 9.17) is 39.2 Å². The molecule has 264 valence electrons. The van der Waals surface area contributed by atoms with Gasteiger partial charge in [-0.15, -0.1) is 118 Å². The van der Waals surface area contributed by atoms with Gasteiger partial charge in [0.2, 0.25) is 12.8 Å². The Kier molecular flexibility index (Phi) is 41.7. The van der Waals surface area contributed by atoms with Gasteiger partial charge < -0.3 is 40.1 Å². The van der Waals surface area contributed by atoms with Gasteiger partial charge in [0, 0.05) is 36.9 Å². The molecule has 0 aliphatic rings. The van der Waals surface area contributed by atoms with Crippen LogP contribution >= 0.6 is 118 Å². The Morgan fingerprint density at radius 2 is 1.09 bits per heavy atom. The molecule has 14 nitrogen and oxygen atoms in total. The maximum Gasteiger partial charge on any atom is 0.408 e. The van der Waals surface area contributed by atoms with E-state index in [1.54, 1.807) is 58.8 Å². The highest BCUT2D eigenvalue weighted by molar-refractivity contribution is 8.17. The molecule has 0 heterocycles. The van der Waals surface area contributed by atoms with Crippen LogP contribution in [0.15, 0.2) is 9.98 Å². The molecule has 0 rings (SSSR count). The number of hydrogen-bond acceptors (Lipinski definition) is 22. The van der Waals surface area contributed by atoms with E-state index in [9.17, 15) is 9.59 Å². The predicted octanol–water partition coefficient (Wildman–Crippen LogP) is 5.16. The summed E-state index contributed by atoms with van der Waals surface area (Å²) < 4.78 is 10.1. The van der Waals surface area contributed by atoms with Crippen molar-refractivity contribution in [3.63, 3.8) is 0 Å². The highest BCUT2D eigenvalue weighted by atomic mass is 32.2. The molecule has 0 aromatic carbocycles. The number of thioether (sulfide) groups is 10. The quantitative estimate of drug-likeness (QED) is 0.0167. The zero-order valence-corrected chi connectivity index (χ0v) is 32.5. The molecule has 0 unspecified atom stereocenters. The first-order valence-electron chi connectivity index (χ1n) is 12.5. The van der Waals surface area contributed by atoms with Gasteiger partial charge in [-0.3, -0.25) is 0 Å². The summed E-state index contributed by atoms with van der Waals surface area (Å²) in [6.45, 7) is 0.766. The Balaban J connectivity index is 3.27. The Labute approximate surface area is 307 Å². The van der Waals surface area contributed by atoms with Gasteiger partial charge >= 0.3 is 12.2 Å². The highest BCUT2D eigenvalue weighted by Crippen LogP contribution is 2.14. The normalized spacial score (nSPS) is 11.2. The van der Waals surface area contributed by atoms with Crippen molar-refractivity contribution in [2.24, 2.45) is 9.98 Å². The third-order valence-electron chi connectivity index (χ3n) is 3.53. The number of rotatable bonds is 34. The van der Waals surface area contributed by atoms with Crippen LogP contribution in [-0.2, 0) is 29.0 Å². The minimum absolute atomic E-state index is 0.0575. The molecule has 4 N–H and O–H groups in total. The fourth-order valence-corrected chi connectivity index (χ4v) is 8.99. The minimum atomic E-state index is -0.458. The van der Waals surface area contributed by atoms with Crippen molar-refractivity contribution in [3.05, 3.63) is 0 Å². The molecule has 0 aliphatic heterocycles. The monoisotopic (exact) mass is 828 g/mol. The number of aliphatic hydroxyl groups excluding tert-OH is 2. The van der Waals surface area contributed by atoms with Crippen LogP contribution in [0.1, 0.15) is 0 Å². The summed E-state index contributed by atoms with van der Waals surface area (Å²) in [6.07, 6.45) is 1.63. The lowest BCUT2D eigenvalue weighted by atomic mass is 10.8. The van der Waals surface area contributed by atoms with Crippen LogP contribution in [0.2, 0.25) is 0 Å². The van der Waals surface area contributed by atoms with Gasteiger partial charge in [0.15, 0.2) is 0 Å². The maximum atomic E-state index is 11.7. The summed E-state index contributed by atoms with van der Waals surface area (Å²) in [5.74, 6) is 4.17. The smallest absolute Gasteiger partial charge is 0.408 e. The number of aliphatic imine (C=N–C) groups is 2. The number of aliphatic hydroxyl groups is 2. The topological polar surface area (TPSA) is 179 Å². The first-order valence-corrected chi connectivity index (χ1v) is 24.1. The zero-order valence-electron chi connectivity index (χ0n) is 24.3. The highest BCUT2D eigenvalue weighted by Gasteiger charge is 2.02. The number of carbonyl (C=O) groups excluding carboxylic acids is 2. The van der Waals surface area contributed by atoms with Crippen molar-refractivity contribution in [1.82, 2.24) is 10.6 Å². The SMILES string of the molecule is O=C(NCSCSC/N=C/OOCSCSCO)OCCSCSCCOO/C=N/CSCSCNC(=O)OCSCSCO. The van der Waals surface area contributed by atoms with E-state index in [1.807, 2.05) is 0 Å².